The van der Waals surface area contributed by atoms with Gasteiger partial charge in [-0.05, 0) is 38.1 Å². The molecule has 0 spiro atoms. The lowest BCUT2D eigenvalue weighted by atomic mass is 10.1. The van der Waals surface area contributed by atoms with Gasteiger partial charge in [0.25, 0.3) is 0 Å². The first-order valence-corrected chi connectivity index (χ1v) is 7.28. The highest BCUT2D eigenvalue weighted by atomic mass is 16.5. The van der Waals surface area contributed by atoms with Gasteiger partial charge in [-0.25, -0.2) is 0 Å². The lowest BCUT2D eigenvalue weighted by Gasteiger charge is -2.22. The Balaban J connectivity index is 1.61. The Morgan fingerprint density at radius 3 is 3.05 bits per heavy atom. The van der Waals surface area contributed by atoms with E-state index in [2.05, 4.69) is 15.6 Å². The molecule has 1 aromatic heterocycles. The van der Waals surface area contributed by atoms with Crippen LogP contribution in [0.4, 0.5) is 5.69 Å². The van der Waals surface area contributed by atoms with Gasteiger partial charge in [-0.2, -0.15) is 0 Å². The summed E-state index contributed by atoms with van der Waals surface area (Å²) in [5.41, 5.74) is 0.800. The highest BCUT2D eigenvalue weighted by Crippen LogP contribution is 2.22. The molecule has 0 atom stereocenters. The minimum Gasteiger partial charge on any atom is -0.368 e. The summed E-state index contributed by atoms with van der Waals surface area (Å²) < 4.78 is 5.66. The lowest BCUT2D eigenvalue weighted by molar-refractivity contribution is -0.123. The van der Waals surface area contributed by atoms with Crippen LogP contribution in [0, 0.1) is 0 Å². The predicted octanol–water partition coefficient (Wildman–Crippen LogP) is 1.94. The van der Waals surface area contributed by atoms with Crippen molar-refractivity contribution in [3.05, 3.63) is 36.7 Å². The minimum absolute atomic E-state index is 0.103. The summed E-state index contributed by atoms with van der Waals surface area (Å²) >= 11 is 0. The molecule has 0 saturated carbocycles. The maximum atomic E-state index is 12.0. The highest BCUT2D eigenvalue weighted by molar-refractivity contribution is 6.02. The zero-order chi connectivity index (χ0) is 14.5. The van der Waals surface area contributed by atoms with Gasteiger partial charge >= 0.3 is 0 Å². The van der Waals surface area contributed by atoms with Gasteiger partial charge in [-0.3, -0.25) is 9.78 Å². The van der Waals surface area contributed by atoms with Crippen molar-refractivity contribution in [2.24, 2.45) is 0 Å². The largest absolute Gasteiger partial charge is 0.368 e. The van der Waals surface area contributed by atoms with Crippen LogP contribution in [-0.2, 0) is 9.53 Å². The van der Waals surface area contributed by atoms with Crippen LogP contribution in [0.15, 0.2) is 36.7 Å². The summed E-state index contributed by atoms with van der Waals surface area (Å²) in [5, 5.41) is 8.19. The molecule has 2 N–H and O–H groups in total. The van der Waals surface area contributed by atoms with Crippen LogP contribution in [0.5, 0.6) is 0 Å². The van der Waals surface area contributed by atoms with Gasteiger partial charge in [0.05, 0.1) is 6.10 Å². The fourth-order valence-electron chi connectivity index (χ4n) is 2.57. The number of hydrogen-bond donors (Lipinski definition) is 2. The lowest BCUT2D eigenvalue weighted by Crippen LogP contribution is -2.34. The average Bonchev–Trinajstić information content (AvgIpc) is 2.54. The summed E-state index contributed by atoms with van der Waals surface area (Å²) in [6, 6.07) is 7.68. The van der Waals surface area contributed by atoms with Crippen LogP contribution >= 0.6 is 0 Å². The molecular formula is C16H19N3O2. The molecule has 110 valence electrons. The topological polar surface area (TPSA) is 63.2 Å². The number of nitrogens with zero attached hydrogens (tertiary/aromatic N) is 1. The second-order valence-corrected chi connectivity index (χ2v) is 5.21. The third-order valence-electron chi connectivity index (χ3n) is 3.69. The number of aromatic nitrogens is 1. The molecule has 21 heavy (non-hydrogen) atoms. The van der Waals surface area contributed by atoms with Crippen molar-refractivity contribution in [1.82, 2.24) is 10.3 Å². The number of hydrogen-bond acceptors (Lipinski definition) is 4. The van der Waals surface area contributed by atoms with E-state index in [1.54, 1.807) is 12.4 Å². The molecule has 5 nitrogen and oxygen atoms in total. The molecule has 2 heterocycles. The Morgan fingerprint density at radius 2 is 2.19 bits per heavy atom. The molecule has 1 aliphatic heterocycles. The van der Waals surface area contributed by atoms with Crippen molar-refractivity contribution in [3.8, 4) is 0 Å². The van der Waals surface area contributed by atoms with E-state index < -0.39 is 0 Å². The van der Waals surface area contributed by atoms with Crippen LogP contribution in [0.25, 0.3) is 10.8 Å². The molecular weight excluding hydrogens is 266 g/mol. The van der Waals surface area contributed by atoms with Crippen LogP contribution < -0.4 is 10.6 Å². The number of fused-ring (bicyclic) bond motifs is 1. The predicted molar refractivity (Wildman–Crippen MR) is 82.2 cm³/mol. The standard InChI is InChI=1S/C16H19N3O2/c20-16(11-21-13-4-7-17-8-5-13)19-15-3-1-2-12-10-18-9-6-14(12)15/h1-3,6,9-10,13,17H,4-5,7-8,11H2,(H,19,20). The normalized spacial score (nSPS) is 16.0. The van der Waals surface area contributed by atoms with Crippen molar-refractivity contribution in [1.29, 1.82) is 0 Å². The first-order valence-electron chi connectivity index (χ1n) is 7.28. The van der Waals surface area contributed by atoms with Gasteiger partial charge in [0.1, 0.15) is 6.61 Å². The van der Waals surface area contributed by atoms with Crippen molar-refractivity contribution in [2.45, 2.75) is 18.9 Å². The van der Waals surface area contributed by atoms with Crippen molar-refractivity contribution < 1.29 is 9.53 Å². The molecule has 2 aromatic rings. The molecule has 0 aliphatic carbocycles. The molecule has 5 heteroatoms. The quantitative estimate of drug-likeness (QED) is 0.901. The number of pyridine rings is 1. The number of amides is 1. The van der Waals surface area contributed by atoms with E-state index in [-0.39, 0.29) is 18.6 Å². The number of rotatable bonds is 4. The first kappa shape index (κ1) is 14.0. The fourth-order valence-corrected chi connectivity index (χ4v) is 2.57. The van der Waals surface area contributed by atoms with Crippen LogP contribution in [0.1, 0.15) is 12.8 Å². The van der Waals surface area contributed by atoms with Crippen LogP contribution in [0.3, 0.4) is 0 Å². The minimum atomic E-state index is -0.113. The van der Waals surface area contributed by atoms with Gasteiger partial charge in [-0.1, -0.05) is 12.1 Å². The summed E-state index contributed by atoms with van der Waals surface area (Å²) in [7, 11) is 0. The fraction of sp³-hybridized carbons (Fsp3) is 0.375. The third kappa shape index (κ3) is 3.56. The zero-order valence-electron chi connectivity index (χ0n) is 11.8. The van der Waals surface area contributed by atoms with Crippen LogP contribution in [0.2, 0.25) is 0 Å². The molecule has 0 unspecified atom stereocenters. The van der Waals surface area contributed by atoms with E-state index in [4.69, 9.17) is 4.74 Å². The molecule has 0 radical (unpaired) electrons. The molecule has 1 aliphatic rings. The van der Waals surface area contributed by atoms with E-state index in [0.717, 1.165) is 42.4 Å². The molecule has 1 aromatic carbocycles. The van der Waals surface area contributed by atoms with Crippen LogP contribution in [-0.4, -0.2) is 36.7 Å². The summed E-state index contributed by atoms with van der Waals surface area (Å²) in [6.45, 7) is 2.03. The number of nitrogens with one attached hydrogen (secondary N) is 2. The van der Waals surface area contributed by atoms with Gasteiger partial charge in [0.15, 0.2) is 0 Å². The van der Waals surface area contributed by atoms with E-state index in [0.29, 0.717) is 0 Å². The Bertz CT molecular complexity index is 618. The van der Waals surface area contributed by atoms with E-state index in [1.165, 1.54) is 0 Å². The number of carbonyl (C=O) groups excluding carboxylic acids is 1. The van der Waals surface area contributed by atoms with E-state index in [9.17, 15) is 4.79 Å². The third-order valence-corrected chi connectivity index (χ3v) is 3.69. The van der Waals surface area contributed by atoms with Crippen molar-refractivity contribution >= 4 is 22.4 Å². The summed E-state index contributed by atoms with van der Waals surface area (Å²) in [6.07, 6.45) is 5.63. The molecule has 1 amide bonds. The SMILES string of the molecule is O=C(COC1CCNCC1)Nc1cccc2cnccc12. The Morgan fingerprint density at radius 1 is 1.33 bits per heavy atom. The smallest absolute Gasteiger partial charge is 0.250 e. The van der Waals surface area contributed by atoms with E-state index >= 15 is 0 Å². The first-order chi connectivity index (χ1) is 10.3. The average molecular weight is 285 g/mol. The number of carbonyl (C=O) groups is 1. The number of ether oxygens (including phenoxy) is 1. The summed E-state index contributed by atoms with van der Waals surface area (Å²) in [5.74, 6) is -0.113. The van der Waals surface area contributed by atoms with Gasteiger partial charge in [0.2, 0.25) is 5.91 Å². The molecule has 3 rings (SSSR count). The van der Waals surface area contributed by atoms with Crippen molar-refractivity contribution in [2.75, 3.05) is 25.0 Å². The van der Waals surface area contributed by atoms with E-state index in [1.807, 2.05) is 24.3 Å². The second kappa shape index (κ2) is 6.65. The summed E-state index contributed by atoms with van der Waals surface area (Å²) in [4.78, 5) is 16.1. The monoisotopic (exact) mass is 285 g/mol. The number of piperidine rings is 1. The maximum absolute atomic E-state index is 12.0. The number of anilines is 1. The molecule has 1 saturated heterocycles. The van der Waals surface area contributed by atoms with Crippen molar-refractivity contribution in [3.63, 3.8) is 0 Å². The van der Waals surface area contributed by atoms with Gasteiger partial charge < -0.3 is 15.4 Å². The zero-order valence-corrected chi connectivity index (χ0v) is 11.8. The number of benzene rings is 1. The highest BCUT2D eigenvalue weighted by Gasteiger charge is 2.15. The van der Waals surface area contributed by atoms with Gasteiger partial charge in [-0.15, -0.1) is 0 Å². The van der Waals surface area contributed by atoms with Gasteiger partial charge in [0, 0.05) is 28.9 Å². The second-order valence-electron chi connectivity index (χ2n) is 5.21. The molecule has 1 fully saturated rings. The Hall–Kier alpha value is -1.98. The molecule has 0 bridgehead atoms. The Kier molecular flexibility index (Phi) is 4.43. The maximum Gasteiger partial charge on any atom is 0.250 e. The Labute approximate surface area is 123 Å².